The van der Waals surface area contributed by atoms with Crippen LogP contribution in [0, 0.1) is 0 Å². The maximum absolute atomic E-state index is 12.1. The highest BCUT2D eigenvalue weighted by molar-refractivity contribution is 7.93. The van der Waals surface area contributed by atoms with E-state index in [-0.39, 0.29) is 30.6 Å². The molecule has 7 nitrogen and oxygen atoms in total. The smallest absolute Gasteiger partial charge is 0.235 e. The summed E-state index contributed by atoms with van der Waals surface area (Å²) in [4.78, 5) is 13.9. The lowest BCUT2D eigenvalue weighted by Crippen LogP contribution is -2.49. The average Bonchev–Trinajstić information content (AvgIpc) is 3.07. The lowest BCUT2D eigenvalue weighted by Gasteiger charge is -2.37. The molecule has 3 heterocycles. The van der Waals surface area contributed by atoms with Gasteiger partial charge in [0.1, 0.15) is 5.82 Å². The van der Waals surface area contributed by atoms with Crippen LogP contribution in [-0.2, 0) is 10.0 Å². The van der Waals surface area contributed by atoms with Crippen molar-refractivity contribution in [2.45, 2.75) is 26.3 Å². The molecule has 0 unspecified atom stereocenters. The first kappa shape index (κ1) is 24.7. The van der Waals surface area contributed by atoms with Gasteiger partial charge in [-0.05, 0) is 32.4 Å². The third-order valence-electron chi connectivity index (χ3n) is 5.56. The van der Waals surface area contributed by atoms with E-state index in [1.165, 1.54) is 4.31 Å². The molecular weight excluding hydrogens is 445 g/mol. The standard InChI is InChI=1S/C20H27N5O2S.2ClH/c1-16(2)23-9-11-24(12-10-23)20-15-21-19(14-22-20)17-4-6-18(7-5-17)25-8-3-13-28(25,26)27;;/h4-7,14-16H,3,8-13H2,1-2H3;2*1H. The number of hydrogen-bond acceptors (Lipinski definition) is 6. The molecule has 1 aromatic heterocycles. The van der Waals surface area contributed by atoms with Crippen LogP contribution in [0.4, 0.5) is 11.5 Å². The lowest BCUT2D eigenvalue weighted by atomic mass is 10.1. The molecule has 0 amide bonds. The number of piperazine rings is 1. The van der Waals surface area contributed by atoms with Crippen molar-refractivity contribution in [3.8, 4) is 11.3 Å². The first-order chi connectivity index (χ1) is 13.4. The zero-order chi connectivity index (χ0) is 19.7. The fourth-order valence-electron chi connectivity index (χ4n) is 3.83. The van der Waals surface area contributed by atoms with E-state index in [2.05, 4.69) is 33.6 Å². The molecule has 0 aliphatic carbocycles. The summed E-state index contributed by atoms with van der Waals surface area (Å²) in [6.45, 7) is 9.03. The van der Waals surface area contributed by atoms with Crippen molar-refractivity contribution in [3.05, 3.63) is 36.7 Å². The molecular formula is C20H29Cl2N5O2S. The minimum atomic E-state index is -3.15. The van der Waals surface area contributed by atoms with Crippen LogP contribution in [0.2, 0.25) is 0 Å². The maximum Gasteiger partial charge on any atom is 0.235 e. The summed E-state index contributed by atoms with van der Waals surface area (Å²) in [5.74, 6) is 1.14. The van der Waals surface area contributed by atoms with Gasteiger partial charge < -0.3 is 4.90 Å². The number of benzene rings is 1. The van der Waals surface area contributed by atoms with E-state index in [0.717, 1.165) is 43.3 Å². The van der Waals surface area contributed by atoms with Crippen LogP contribution >= 0.6 is 24.8 Å². The van der Waals surface area contributed by atoms with E-state index in [1.54, 1.807) is 6.20 Å². The fourth-order valence-corrected chi connectivity index (χ4v) is 5.39. The van der Waals surface area contributed by atoms with Gasteiger partial charge in [0.25, 0.3) is 0 Å². The van der Waals surface area contributed by atoms with Gasteiger partial charge in [-0.2, -0.15) is 0 Å². The Labute approximate surface area is 191 Å². The molecule has 0 atom stereocenters. The minimum Gasteiger partial charge on any atom is -0.353 e. The van der Waals surface area contributed by atoms with Crippen molar-refractivity contribution < 1.29 is 8.42 Å². The van der Waals surface area contributed by atoms with Crippen LogP contribution in [0.3, 0.4) is 0 Å². The normalized spacial score (nSPS) is 18.8. The molecule has 2 aliphatic heterocycles. The molecule has 10 heteroatoms. The predicted molar refractivity (Wildman–Crippen MR) is 127 cm³/mol. The molecule has 2 saturated heterocycles. The van der Waals surface area contributed by atoms with E-state index in [0.29, 0.717) is 24.7 Å². The quantitative estimate of drug-likeness (QED) is 0.679. The monoisotopic (exact) mass is 473 g/mol. The number of sulfonamides is 1. The Kier molecular flexibility index (Phi) is 8.33. The summed E-state index contributed by atoms with van der Waals surface area (Å²) in [5, 5.41) is 0. The lowest BCUT2D eigenvalue weighted by molar-refractivity contribution is 0.209. The third kappa shape index (κ3) is 5.17. The number of anilines is 2. The molecule has 2 aromatic rings. The summed E-state index contributed by atoms with van der Waals surface area (Å²) in [7, 11) is -3.15. The molecule has 0 N–H and O–H groups in total. The van der Waals surface area contributed by atoms with Crippen molar-refractivity contribution in [1.29, 1.82) is 0 Å². The Hall–Kier alpha value is -1.61. The first-order valence-electron chi connectivity index (χ1n) is 9.86. The highest BCUT2D eigenvalue weighted by Gasteiger charge is 2.28. The Morgan fingerprint density at radius 1 is 0.900 bits per heavy atom. The number of aromatic nitrogens is 2. The van der Waals surface area contributed by atoms with Crippen LogP contribution in [0.25, 0.3) is 11.3 Å². The van der Waals surface area contributed by atoms with Crippen LogP contribution in [0.1, 0.15) is 20.3 Å². The Balaban J connectivity index is 0.00000160. The maximum atomic E-state index is 12.1. The molecule has 1 aromatic carbocycles. The van der Waals surface area contributed by atoms with E-state index >= 15 is 0 Å². The Bertz CT molecular complexity index is 915. The van der Waals surface area contributed by atoms with Gasteiger partial charge in [-0.1, -0.05) is 12.1 Å². The second-order valence-corrected chi connectivity index (χ2v) is 9.68. The van der Waals surface area contributed by atoms with Gasteiger partial charge in [0, 0.05) is 44.3 Å². The van der Waals surface area contributed by atoms with E-state index < -0.39 is 10.0 Å². The molecule has 0 saturated carbocycles. The molecule has 4 rings (SSSR count). The summed E-state index contributed by atoms with van der Waals surface area (Å²) < 4.78 is 25.6. The van der Waals surface area contributed by atoms with Crippen molar-refractivity contribution >= 4 is 46.3 Å². The van der Waals surface area contributed by atoms with Crippen LogP contribution < -0.4 is 9.21 Å². The van der Waals surface area contributed by atoms with E-state index in [4.69, 9.17) is 0 Å². The zero-order valence-electron chi connectivity index (χ0n) is 17.3. The summed E-state index contributed by atoms with van der Waals surface area (Å²) in [6.07, 6.45) is 4.31. The molecule has 2 fully saturated rings. The molecule has 0 bridgehead atoms. The van der Waals surface area contributed by atoms with Crippen molar-refractivity contribution in [1.82, 2.24) is 14.9 Å². The average molecular weight is 474 g/mol. The van der Waals surface area contributed by atoms with E-state index in [9.17, 15) is 8.42 Å². The van der Waals surface area contributed by atoms with Crippen molar-refractivity contribution in [2.75, 3.05) is 47.7 Å². The Morgan fingerprint density at radius 3 is 2.07 bits per heavy atom. The van der Waals surface area contributed by atoms with Crippen LogP contribution in [-0.4, -0.2) is 67.8 Å². The molecule has 30 heavy (non-hydrogen) atoms. The van der Waals surface area contributed by atoms with Gasteiger partial charge in [0.2, 0.25) is 10.0 Å². The Morgan fingerprint density at radius 2 is 1.57 bits per heavy atom. The number of hydrogen-bond donors (Lipinski definition) is 0. The summed E-state index contributed by atoms with van der Waals surface area (Å²) in [5.41, 5.74) is 2.44. The predicted octanol–water partition coefficient (Wildman–Crippen LogP) is 3.06. The third-order valence-corrected chi connectivity index (χ3v) is 7.43. The number of halogens is 2. The summed E-state index contributed by atoms with van der Waals surface area (Å²) in [6, 6.07) is 8.09. The number of nitrogens with zero attached hydrogens (tertiary/aromatic N) is 5. The molecule has 0 radical (unpaired) electrons. The highest BCUT2D eigenvalue weighted by atomic mass is 35.5. The van der Waals surface area contributed by atoms with E-state index in [1.807, 2.05) is 30.5 Å². The minimum absolute atomic E-state index is 0. The van der Waals surface area contributed by atoms with Crippen molar-refractivity contribution in [3.63, 3.8) is 0 Å². The van der Waals surface area contributed by atoms with Gasteiger partial charge in [-0.25, -0.2) is 13.4 Å². The highest BCUT2D eigenvalue weighted by Crippen LogP contribution is 2.27. The molecule has 166 valence electrons. The van der Waals surface area contributed by atoms with Gasteiger partial charge >= 0.3 is 0 Å². The first-order valence-corrected chi connectivity index (χ1v) is 11.5. The zero-order valence-corrected chi connectivity index (χ0v) is 19.7. The number of rotatable bonds is 4. The fraction of sp³-hybridized carbons (Fsp3) is 0.500. The van der Waals surface area contributed by atoms with Crippen molar-refractivity contribution in [2.24, 2.45) is 0 Å². The molecule has 2 aliphatic rings. The van der Waals surface area contributed by atoms with Crippen LogP contribution in [0.5, 0.6) is 0 Å². The van der Waals surface area contributed by atoms with Gasteiger partial charge in [-0.15, -0.1) is 24.8 Å². The van der Waals surface area contributed by atoms with Gasteiger partial charge in [0.15, 0.2) is 0 Å². The topological polar surface area (TPSA) is 69.6 Å². The van der Waals surface area contributed by atoms with Crippen LogP contribution in [0.15, 0.2) is 36.7 Å². The second-order valence-electron chi connectivity index (χ2n) is 7.67. The second kappa shape index (κ2) is 10.1. The SMILES string of the molecule is CC(C)N1CCN(c2cnc(-c3ccc(N4CCCS4(=O)=O)cc3)cn2)CC1.Cl.Cl. The van der Waals surface area contributed by atoms with Gasteiger partial charge in [0.05, 0.1) is 29.5 Å². The molecule has 0 spiro atoms. The summed E-state index contributed by atoms with van der Waals surface area (Å²) >= 11 is 0. The largest absolute Gasteiger partial charge is 0.353 e. The van der Waals surface area contributed by atoms with Gasteiger partial charge in [-0.3, -0.25) is 14.2 Å².